The van der Waals surface area contributed by atoms with Crippen LogP contribution in [-0.4, -0.2) is 37.6 Å². The van der Waals surface area contributed by atoms with Gasteiger partial charge in [0.1, 0.15) is 0 Å². The number of sulfone groups is 1. The molecule has 126 valence electrons. The molecule has 2 amide bonds. The van der Waals surface area contributed by atoms with Crippen molar-refractivity contribution in [2.45, 2.75) is 25.7 Å². The summed E-state index contributed by atoms with van der Waals surface area (Å²) < 4.78 is 25.7. The Morgan fingerprint density at radius 2 is 2.13 bits per heavy atom. The van der Waals surface area contributed by atoms with Crippen LogP contribution in [0.15, 0.2) is 28.2 Å². The first-order chi connectivity index (χ1) is 10.6. The predicted molar refractivity (Wildman–Crippen MR) is 90.0 cm³/mol. The van der Waals surface area contributed by atoms with Crippen molar-refractivity contribution in [2.24, 2.45) is 10.5 Å². The summed E-state index contributed by atoms with van der Waals surface area (Å²) in [5.41, 5.74) is 5.10. The Bertz CT molecular complexity index is 774. The van der Waals surface area contributed by atoms with Gasteiger partial charge in [0.05, 0.1) is 22.2 Å². The van der Waals surface area contributed by atoms with Crippen molar-refractivity contribution in [3.63, 3.8) is 0 Å². The highest BCUT2D eigenvalue weighted by Crippen LogP contribution is 2.34. The smallest absolute Gasteiger partial charge is 0.337 e. The number of carbonyl (C=O) groups excluding carboxylic acids is 1. The second kappa shape index (κ2) is 6.01. The van der Waals surface area contributed by atoms with E-state index in [1.807, 2.05) is 0 Å². The number of carbonyl (C=O) groups is 1. The lowest BCUT2D eigenvalue weighted by Crippen LogP contribution is -2.38. The van der Waals surface area contributed by atoms with Crippen molar-refractivity contribution in [1.29, 1.82) is 0 Å². The van der Waals surface area contributed by atoms with Gasteiger partial charge in [0, 0.05) is 12.0 Å². The van der Waals surface area contributed by atoms with E-state index in [4.69, 9.17) is 17.3 Å². The number of hydrazone groups is 1. The van der Waals surface area contributed by atoms with Gasteiger partial charge in [-0.25, -0.2) is 18.2 Å². The summed E-state index contributed by atoms with van der Waals surface area (Å²) in [6, 6.07) is 3.67. The van der Waals surface area contributed by atoms with E-state index >= 15 is 0 Å². The molecule has 2 rings (SSSR count). The highest BCUT2D eigenvalue weighted by atomic mass is 35.5. The molecule has 7 nitrogen and oxygen atoms in total. The number of rotatable bonds is 2. The minimum Gasteiger partial charge on any atom is -0.398 e. The predicted octanol–water partition coefficient (Wildman–Crippen LogP) is 2.08. The first kappa shape index (κ1) is 17.6. The molecule has 0 unspecified atom stereocenters. The first-order valence-corrected chi connectivity index (χ1v) is 8.90. The molecule has 1 heterocycles. The fraction of sp³-hybridized carbons (Fsp3) is 0.429. The summed E-state index contributed by atoms with van der Waals surface area (Å²) >= 11 is 5.91. The maximum absolute atomic E-state index is 12.9. The van der Waals surface area contributed by atoms with Crippen LogP contribution >= 0.6 is 11.6 Å². The third-order valence-corrected chi connectivity index (χ3v) is 5.78. The van der Waals surface area contributed by atoms with Crippen LogP contribution in [-0.2, 0) is 9.84 Å². The van der Waals surface area contributed by atoms with E-state index in [9.17, 15) is 13.2 Å². The highest BCUT2D eigenvalue weighted by molar-refractivity contribution is 8.06. The third kappa shape index (κ3) is 3.28. The number of urea groups is 1. The summed E-state index contributed by atoms with van der Waals surface area (Å²) in [6.45, 7) is 5.83. The molecule has 0 aliphatic carbocycles. The number of nitrogens with zero attached hydrogens (tertiary/aromatic N) is 2. The van der Waals surface area contributed by atoms with E-state index in [0.29, 0.717) is 12.2 Å². The Morgan fingerprint density at radius 1 is 1.48 bits per heavy atom. The number of hydrogen-bond donors (Lipinski definition) is 2. The number of nitrogens with one attached hydrogen (secondary N) is 1. The minimum absolute atomic E-state index is 0.00118. The number of hydrogen-bond acceptors (Lipinski definition) is 5. The zero-order chi connectivity index (χ0) is 17.4. The Balaban J connectivity index is 2.46. The maximum Gasteiger partial charge on any atom is 0.337 e. The summed E-state index contributed by atoms with van der Waals surface area (Å²) in [5, 5.41) is 7.85. The molecule has 1 aromatic carbocycles. The van der Waals surface area contributed by atoms with Crippen molar-refractivity contribution in [3.8, 4) is 0 Å². The average Bonchev–Trinajstić information content (AvgIpc) is 2.78. The topological polar surface area (TPSA) is 105 Å². The molecule has 1 aromatic rings. The fourth-order valence-electron chi connectivity index (χ4n) is 2.29. The van der Waals surface area contributed by atoms with E-state index in [1.54, 1.807) is 20.8 Å². The average molecular weight is 359 g/mol. The van der Waals surface area contributed by atoms with Crippen molar-refractivity contribution < 1.29 is 13.2 Å². The van der Waals surface area contributed by atoms with Crippen LogP contribution in [0.4, 0.5) is 10.5 Å². The van der Waals surface area contributed by atoms with Gasteiger partial charge in [-0.2, -0.15) is 5.10 Å². The van der Waals surface area contributed by atoms with Crippen LogP contribution < -0.4 is 11.1 Å². The molecule has 0 aromatic heterocycles. The van der Waals surface area contributed by atoms with Crippen LogP contribution in [0.25, 0.3) is 0 Å². The van der Waals surface area contributed by atoms with Crippen molar-refractivity contribution in [2.75, 3.05) is 18.8 Å². The number of benzene rings is 1. The quantitative estimate of drug-likeness (QED) is 0.789. The van der Waals surface area contributed by atoms with Crippen molar-refractivity contribution in [3.05, 3.63) is 23.2 Å². The van der Waals surface area contributed by atoms with Gasteiger partial charge in [0.15, 0.2) is 5.04 Å². The van der Waals surface area contributed by atoms with E-state index in [0.717, 1.165) is 5.01 Å². The second-order valence-corrected chi connectivity index (χ2v) is 8.14. The molecular formula is C14H19ClN4O3S. The van der Waals surface area contributed by atoms with Crippen LogP contribution in [0.3, 0.4) is 0 Å². The zero-order valence-electron chi connectivity index (χ0n) is 13.1. The van der Waals surface area contributed by atoms with Gasteiger partial charge >= 0.3 is 6.03 Å². The SMILES string of the molecule is CCNC(=O)N1CC(C)(C)C(S(=O)(=O)c2ccc(N)c(Cl)c2)=N1. The van der Waals surface area contributed by atoms with Gasteiger partial charge in [-0.15, -0.1) is 0 Å². The lowest BCUT2D eigenvalue weighted by molar-refractivity contribution is 0.197. The zero-order valence-corrected chi connectivity index (χ0v) is 14.7. The second-order valence-electron chi connectivity index (χ2n) is 5.87. The third-order valence-electron chi connectivity index (χ3n) is 3.43. The van der Waals surface area contributed by atoms with E-state index in [2.05, 4.69) is 10.4 Å². The summed E-state index contributed by atoms with van der Waals surface area (Å²) in [5.74, 6) is 0. The summed E-state index contributed by atoms with van der Waals surface area (Å²) in [4.78, 5) is 11.9. The Labute approximate surface area is 140 Å². The molecule has 0 radical (unpaired) electrons. The molecule has 0 atom stereocenters. The lowest BCUT2D eigenvalue weighted by Gasteiger charge is -2.20. The lowest BCUT2D eigenvalue weighted by atomic mass is 9.96. The molecule has 0 bridgehead atoms. The van der Waals surface area contributed by atoms with Crippen molar-refractivity contribution >= 4 is 38.2 Å². The Hall–Kier alpha value is -1.80. The molecule has 1 aliphatic rings. The van der Waals surface area contributed by atoms with E-state index < -0.39 is 21.3 Å². The first-order valence-electron chi connectivity index (χ1n) is 7.04. The minimum atomic E-state index is -3.88. The number of nitrogen functional groups attached to an aromatic ring is 1. The maximum atomic E-state index is 12.9. The van der Waals surface area contributed by atoms with Crippen LogP contribution in [0.2, 0.25) is 5.02 Å². The molecule has 0 saturated heterocycles. The van der Waals surface area contributed by atoms with Gasteiger partial charge in [0.2, 0.25) is 9.84 Å². The molecular weight excluding hydrogens is 340 g/mol. The van der Waals surface area contributed by atoms with Gasteiger partial charge in [-0.3, -0.25) is 0 Å². The molecule has 3 N–H and O–H groups in total. The van der Waals surface area contributed by atoms with Gasteiger partial charge in [-0.05, 0) is 25.1 Å². The molecule has 0 spiro atoms. The van der Waals surface area contributed by atoms with Crippen LogP contribution in [0, 0.1) is 5.41 Å². The summed E-state index contributed by atoms with van der Waals surface area (Å²) in [6.07, 6.45) is 0. The van der Waals surface area contributed by atoms with E-state index in [-0.39, 0.29) is 21.5 Å². The number of anilines is 1. The van der Waals surface area contributed by atoms with Crippen molar-refractivity contribution in [1.82, 2.24) is 10.3 Å². The molecule has 23 heavy (non-hydrogen) atoms. The molecule has 0 saturated carbocycles. The number of amides is 2. The van der Waals surface area contributed by atoms with Gasteiger partial charge in [-0.1, -0.05) is 25.4 Å². The van der Waals surface area contributed by atoms with Crippen LogP contribution in [0.1, 0.15) is 20.8 Å². The number of nitrogens with two attached hydrogens (primary N) is 1. The highest BCUT2D eigenvalue weighted by Gasteiger charge is 2.44. The summed E-state index contributed by atoms with van der Waals surface area (Å²) in [7, 11) is -3.88. The fourth-order valence-corrected chi connectivity index (χ4v) is 4.27. The Kier molecular flexibility index (Phi) is 4.59. The largest absolute Gasteiger partial charge is 0.398 e. The van der Waals surface area contributed by atoms with Gasteiger partial charge < -0.3 is 11.1 Å². The van der Waals surface area contributed by atoms with Gasteiger partial charge in [0.25, 0.3) is 0 Å². The molecule has 1 aliphatic heterocycles. The standard InChI is InChI=1S/C14H19ClN4O3S/c1-4-17-13(20)19-8-14(2,3)12(18-19)23(21,22)9-5-6-11(16)10(15)7-9/h5-7H,4,8,16H2,1-3H3,(H,17,20). The number of halogens is 1. The monoisotopic (exact) mass is 358 g/mol. The molecule has 0 fully saturated rings. The van der Waals surface area contributed by atoms with Crippen LogP contribution in [0.5, 0.6) is 0 Å². The molecule has 9 heteroatoms. The Morgan fingerprint density at radius 3 is 2.70 bits per heavy atom. The van der Waals surface area contributed by atoms with E-state index in [1.165, 1.54) is 18.2 Å². The normalized spacial score (nSPS) is 17.0.